The van der Waals surface area contributed by atoms with Crippen molar-refractivity contribution in [3.05, 3.63) is 23.3 Å². The normalized spacial score (nSPS) is 16.7. The average Bonchev–Trinajstić information content (AvgIpc) is 2.53. The van der Waals surface area contributed by atoms with Gasteiger partial charge in [0.05, 0.1) is 13.2 Å². The Balaban J connectivity index is 2.45. The van der Waals surface area contributed by atoms with Crippen LogP contribution in [0.2, 0.25) is 0 Å². The van der Waals surface area contributed by atoms with E-state index in [-0.39, 0.29) is 6.54 Å². The van der Waals surface area contributed by atoms with Gasteiger partial charge in [-0.2, -0.15) is 0 Å². The molecule has 1 aliphatic rings. The van der Waals surface area contributed by atoms with Crippen molar-refractivity contribution in [2.24, 2.45) is 0 Å². The van der Waals surface area contributed by atoms with Crippen LogP contribution < -0.4 is 9.47 Å². The second-order valence-corrected chi connectivity index (χ2v) is 7.03. The Hall–Kier alpha value is -2.44. The Bertz CT molecular complexity index is 679. The Morgan fingerprint density at radius 1 is 1.15 bits per heavy atom. The predicted octanol–water partition coefficient (Wildman–Crippen LogP) is 3.40. The number of hydrogen-bond acceptors (Lipinski definition) is 5. The van der Waals surface area contributed by atoms with Gasteiger partial charge in [-0.3, -0.25) is 4.90 Å². The highest BCUT2D eigenvalue weighted by Crippen LogP contribution is 2.39. The van der Waals surface area contributed by atoms with E-state index in [0.29, 0.717) is 36.7 Å². The lowest BCUT2D eigenvalue weighted by Crippen LogP contribution is -2.45. The number of benzene rings is 1. The molecule has 2 rings (SSSR count). The SMILES string of the molecule is CCOc1cc2c(cc1OCC)[C@@H](C(=O)O)N(C(=O)OC(C)(C)C)CC2. The number of carbonyl (C=O) groups is 2. The Morgan fingerprint density at radius 3 is 2.23 bits per heavy atom. The number of ether oxygens (including phenoxy) is 3. The van der Waals surface area contributed by atoms with Crippen LogP contribution in [0.3, 0.4) is 0 Å². The fraction of sp³-hybridized carbons (Fsp3) is 0.579. The third-order valence-corrected chi connectivity index (χ3v) is 3.90. The van der Waals surface area contributed by atoms with Crippen LogP contribution in [0, 0.1) is 0 Å². The molecule has 0 bridgehead atoms. The largest absolute Gasteiger partial charge is 0.490 e. The molecule has 0 fully saturated rings. The summed E-state index contributed by atoms with van der Waals surface area (Å²) in [5.41, 5.74) is 0.668. The third kappa shape index (κ3) is 4.39. The highest BCUT2D eigenvalue weighted by molar-refractivity contribution is 5.83. The number of carbonyl (C=O) groups excluding carboxylic acids is 1. The van der Waals surface area contributed by atoms with Crippen molar-refractivity contribution < 1.29 is 28.9 Å². The summed E-state index contributed by atoms with van der Waals surface area (Å²) < 4.78 is 16.6. The fourth-order valence-electron chi connectivity index (χ4n) is 2.95. The van der Waals surface area contributed by atoms with Crippen LogP contribution in [-0.4, -0.2) is 47.4 Å². The van der Waals surface area contributed by atoms with Crippen molar-refractivity contribution in [3.8, 4) is 11.5 Å². The van der Waals surface area contributed by atoms with Gasteiger partial charge in [-0.05, 0) is 64.3 Å². The van der Waals surface area contributed by atoms with Crippen molar-refractivity contribution in [2.45, 2.75) is 52.7 Å². The molecule has 7 nitrogen and oxygen atoms in total. The topological polar surface area (TPSA) is 85.3 Å². The van der Waals surface area contributed by atoms with E-state index in [0.717, 1.165) is 5.56 Å². The van der Waals surface area contributed by atoms with Crippen LogP contribution in [0.1, 0.15) is 51.8 Å². The van der Waals surface area contributed by atoms with E-state index < -0.39 is 23.7 Å². The Labute approximate surface area is 153 Å². The zero-order valence-corrected chi connectivity index (χ0v) is 16.0. The minimum atomic E-state index is -1.12. The van der Waals surface area contributed by atoms with Gasteiger partial charge in [-0.25, -0.2) is 9.59 Å². The molecular weight excluding hydrogens is 338 g/mol. The standard InChI is InChI=1S/C19H27NO6/c1-6-24-14-10-12-8-9-20(18(23)26-19(3,4)5)16(17(21)22)13(12)11-15(14)25-7-2/h10-11,16H,6-9H2,1-5H3,(H,21,22)/t16-/m0/s1. The molecule has 0 aliphatic carbocycles. The van der Waals surface area contributed by atoms with Crippen molar-refractivity contribution in [3.63, 3.8) is 0 Å². The number of carboxylic acid groups (broad SMARTS) is 1. The lowest BCUT2D eigenvalue weighted by Gasteiger charge is -2.36. The first kappa shape index (κ1) is 19.9. The zero-order valence-electron chi connectivity index (χ0n) is 16.0. The number of rotatable bonds is 5. The predicted molar refractivity (Wildman–Crippen MR) is 95.8 cm³/mol. The summed E-state index contributed by atoms with van der Waals surface area (Å²) in [7, 11) is 0. The molecule has 0 saturated heterocycles. The lowest BCUT2D eigenvalue weighted by molar-refractivity contribution is -0.143. The molecule has 0 spiro atoms. The molecule has 1 atom stereocenters. The van der Waals surface area contributed by atoms with E-state index in [2.05, 4.69) is 0 Å². The van der Waals surface area contributed by atoms with Gasteiger partial charge in [-0.1, -0.05) is 0 Å². The van der Waals surface area contributed by atoms with E-state index in [4.69, 9.17) is 14.2 Å². The summed E-state index contributed by atoms with van der Waals surface area (Å²) in [5.74, 6) is -0.0447. The van der Waals surface area contributed by atoms with Gasteiger partial charge in [0.2, 0.25) is 0 Å². The summed E-state index contributed by atoms with van der Waals surface area (Å²) >= 11 is 0. The highest BCUT2D eigenvalue weighted by atomic mass is 16.6. The summed E-state index contributed by atoms with van der Waals surface area (Å²) in [6.07, 6.45) is -0.118. The fourth-order valence-corrected chi connectivity index (χ4v) is 2.95. The van der Waals surface area contributed by atoms with Crippen LogP contribution in [0.15, 0.2) is 12.1 Å². The summed E-state index contributed by atoms with van der Waals surface area (Å²) in [5, 5.41) is 9.77. The van der Waals surface area contributed by atoms with Crippen LogP contribution in [0.25, 0.3) is 0 Å². The molecule has 0 unspecified atom stereocenters. The van der Waals surface area contributed by atoms with E-state index in [1.807, 2.05) is 19.9 Å². The summed E-state index contributed by atoms with van der Waals surface area (Å²) in [6, 6.07) is 2.36. The second-order valence-electron chi connectivity index (χ2n) is 7.03. The van der Waals surface area contributed by atoms with E-state index in [1.54, 1.807) is 26.8 Å². The van der Waals surface area contributed by atoms with E-state index in [9.17, 15) is 14.7 Å². The quantitative estimate of drug-likeness (QED) is 0.861. The average molecular weight is 365 g/mol. The molecular formula is C19H27NO6. The minimum absolute atomic E-state index is 0.262. The molecule has 1 aliphatic heterocycles. The number of hydrogen-bond donors (Lipinski definition) is 1. The molecule has 144 valence electrons. The maximum absolute atomic E-state index is 12.5. The molecule has 0 saturated carbocycles. The number of amides is 1. The smallest absolute Gasteiger partial charge is 0.411 e. The van der Waals surface area contributed by atoms with Crippen LogP contribution in [-0.2, 0) is 16.0 Å². The van der Waals surface area contributed by atoms with Crippen molar-refractivity contribution in [1.82, 2.24) is 4.90 Å². The number of aliphatic carboxylic acids is 1. The first-order chi connectivity index (χ1) is 12.2. The van der Waals surface area contributed by atoms with Crippen molar-refractivity contribution >= 4 is 12.1 Å². The first-order valence-corrected chi connectivity index (χ1v) is 8.82. The van der Waals surface area contributed by atoms with E-state index in [1.165, 1.54) is 4.90 Å². The molecule has 7 heteroatoms. The zero-order chi connectivity index (χ0) is 19.5. The number of carboxylic acids is 1. The number of fused-ring (bicyclic) bond motifs is 1. The number of nitrogens with zero attached hydrogens (tertiary/aromatic N) is 1. The highest BCUT2D eigenvalue weighted by Gasteiger charge is 2.39. The molecule has 1 aromatic rings. The molecule has 1 amide bonds. The maximum atomic E-state index is 12.5. The molecule has 1 N–H and O–H groups in total. The van der Waals surface area contributed by atoms with Gasteiger partial charge < -0.3 is 19.3 Å². The third-order valence-electron chi connectivity index (χ3n) is 3.90. The monoisotopic (exact) mass is 365 g/mol. The maximum Gasteiger partial charge on any atom is 0.411 e. The molecule has 26 heavy (non-hydrogen) atoms. The van der Waals surface area contributed by atoms with Crippen LogP contribution in [0.5, 0.6) is 11.5 Å². The van der Waals surface area contributed by atoms with E-state index >= 15 is 0 Å². The van der Waals surface area contributed by atoms with Crippen LogP contribution >= 0.6 is 0 Å². The first-order valence-electron chi connectivity index (χ1n) is 8.82. The summed E-state index contributed by atoms with van der Waals surface area (Å²) in [6.45, 7) is 10.1. The van der Waals surface area contributed by atoms with Gasteiger partial charge >= 0.3 is 12.1 Å². The van der Waals surface area contributed by atoms with Gasteiger partial charge in [0.25, 0.3) is 0 Å². The van der Waals surface area contributed by atoms with Crippen LogP contribution in [0.4, 0.5) is 4.79 Å². The van der Waals surface area contributed by atoms with Crippen molar-refractivity contribution in [1.29, 1.82) is 0 Å². The Kier molecular flexibility index (Phi) is 6.00. The summed E-state index contributed by atoms with van der Waals surface area (Å²) in [4.78, 5) is 25.7. The molecule has 0 radical (unpaired) electrons. The van der Waals surface area contributed by atoms with Gasteiger partial charge in [0.1, 0.15) is 5.60 Å². The molecule has 1 heterocycles. The van der Waals surface area contributed by atoms with Gasteiger partial charge in [-0.15, -0.1) is 0 Å². The molecule has 1 aromatic carbocycles. The minimum Gasteiger partial charge on any atom is -0.490 e. The van der Waals surface area contributed by atoms with Gasteiger partial charge in [0.15, 0.2) is 17.5 Å². The van der Waals surface area contributed by atoms with Crippen molar-refractivity contribution in [2.75, 3.05) is 19.8 Å². The molecule has 0 aromatic heterocycles. The second kappa shape index (κ2) is 7.85. The lowest BCUT2D eigenvalue weighted by atomic mass is 9.92. The Morgan fingerprint density at radius 2 is 1.73 bits per heavy atom. The van der Waals surface area contributed by atoms with Gasteiger partial charge in [0, 0.05) is 6.54 Å².